The zero-order valence-corrected chi connectivity index (χ0v) is 32.2. The molecular formula is C45H32N8O2S2. The monoisotopic (exact) mass is 780 g/mol. The Morgan fingerprint density at radius 1 is 0.596 bits per heavy atom. The standard InChI is InChI=1S/C45H32N8O2S2/c1-25-9-8-13-33-45(25)55-36-16-7-4-12-32(36)53(33)29-23-19-27(20-24-29)40-39(48-43-41(50-56)37(46)38(47)42(51-57)44(43)49-40)26-17-21-28(22-18-26)52-30-10-2-5-14-34(30)54-35-15-6-3-11-31(35)52/h2-8,10-25,46-47,56-57H,9H2,1H3/b46-37?,47-38?,50-41+,51-42+. The summed E-state index contributed by atoms with van der Waals surface area (Å²) < 4.78 is 20.9. The molecule has 57 heavy (non-hydrogen) atoms. The van der Waals surface area contributed by atoms with Gasteiger partial charge < -0.3 is 19.3 Å². The van der Waals surface area contributed by atoms with E-state index in [1.54, 1.807) is 0 Å². The molecule has 0 amide bonds. The highest BCUT2D eigenvalue weighted by Crippen LogP contribution is 2.50. The van der Waals surface area contributed by atoms with Crippen molar-refractivity contribution in [2.75, 3.05) is 9.80 Å². The maximum atomic E-state index is 8.70. The summed E-state index contributed by atoms with van der Waals surface area (Å²) in [4.78, 5) is 14.7. The van der Waals surface area contributed by atoms with Gasteiger partial charge in [-0.1, -0.05) is 73.7 Å². The Morgan fingerprint density at radius 3 is 1.53 bits per heavy atom. The van der Waals surface area contributed by atoms with E-state index in [9.17, 15) is 0 Å². The number of thiol groups is 2. The third-order valence-corrected chi connectivity index (χ3v) is 10.9. The third kappa shape index (κ3) is 5.59. The Hall–Kier alpha value is -6.76. The smallest absolute Gasteiger partial charge is 0.151 e. The number of hydrogen-bond acceptors (Lipinski definition) is 12. The minimum absolute atomic E-state index is 0.137. The van der Waals surface area contributed by atoms with E-state index >= 15 is 0 Å². The number of aromatic nitrogens is 2. The molecule has 276 valence electrons. The molecule has 1 atom stereocenters. The van der Waals surface area contributed by atoms with Crippen molar-refractivity contribution < 1.29 is 9.47 Å². The third-order valence-electron chi connectivity index (χ3n) is 10.5. The summed E-state index contributed by atoms with van der Waals surface area (Å²) in [5, 5.41) is 17.3. The maximum absolute atomic E-state index is 8.70. The Morgan fingerprint density at radius 2 is 1.04 bits per heavy atom. The molecule has 10 nitrogen and oxygen atoms in total. The lowest BCUT2D eigenvalue weighted by molar-refractivity contribution is 0.342. The largest absolute Gasteiger partial charge is 0.457 e. The first kappa shape index (κ1) is 34.7. The van der Waals surface area contributed by atoms with E-state index in [1.807, 2.05) is 103 Å². The molecule has 0 spiro atoms. The number of nitrogens with one attached hydrogen (secondary N) is 2. The van der Waals surface area contributed by atoms with Gasteiger partial charge in [0, 0.05) is 28.4 Å². The molecule has 0 saturated carbocycles. The van der Waals surface area contributed by atoms with E-state index in [0.29, 0.717) is 22.4 Å². The molecule has 1 unspecified atom stereocenters. The van der Waals surface area contributed by atoms with Gasteiger partial charge in [-0.25, -0.2) is 18.8 Å². The molecule has 3 aliphatic rings. The number of benzene rings is 6. The van der Waals surface area contributed by atoms with Crippen LogP contribution in [0.5, 0.6) is 17.2 Å². The Balaban J connectivity index is 1.14. The second-order valence-corrected chi connectivity index (χ2v) is 14.3. The average molecular weight is 781 g/mol. The summed E-state index contributed by atoms with van der Waals surface area (Å²) >= 11 is 8.38. The number of para-hydroxylation sites is 6. The lowest BCUT2D eigenvalue weighted by atomic mass is 9.96. The molecule has 0 bridgehead atoms. The van der Waals surface area contributed by atoms with E-state index in [0.717, 1.165) is 74.7 Å². The second-order valence-electron chi connectivity index (χ2n) is 13.9. The maximum Gasteiger partial charge on any atom is 0.151 e. The van der Waals surface area contributed by atoms with E-state index in [2.05, 4.69) is 81.5 Å². The lowest BCUT2D eigenvalue weighted by Crippen LogP contribution is -2.48. The summed E-state index contributed by atoms with van der Waals surface area (Å²) in [6.07, 6.45) is 5.24. The molecule has 1 aromatic heterocycles. The second kappa shape index (κ2) is 13.8. The molecule has 2 N–H and O–H groups in total. The van der Waals surface area contributed by atoms with Gasteiger partial charge in [-0.3, -0.25) is 10.8 Å². The van der Waals surface area contributed by atoms with Crippen LogP contribution in [0, 0.1) is 16.7 Å². The van der Waals surface area contributed by atoms with Gasteiger partial charge in [0.1, 0.15) is 38.2 Å². The van der Waals surface area contributed by atoms with Crippen molar-refractivity contribution >= 4 is 65.1 Å². The van der Waals surface area contributed by atoms with Crippen LogP contribution < -0.4 is 40.7 Å². The van der Waals surface area contributed by atoms with Crippen molar-refractivity contribution in [1.82, 2.24) is 9.97 Å². The van der Waals surface area contributed by atoms with Crippen LogP contribution in [0.4, 0.5) is 28.4 Å². The van der Waals surface area contributed by atoms with E-state index in [-0.39, 0.29) is 27.3 Å². The van der Waals surface area contributed by atoms with Gasteiger partial charge in [-0.2, -0.15) is 0 Å². The average Bonchev–Trinajstić information content (AvgIpc) is 3.25. The van der Waals surface area contributed by atoms with Crippen molar-refractivity contribution in [3.05, 3.63) is 166 Å². The summed E-state index contributed by atoms with van der Waals surface area (Å²) in [7, 11) is 0. The predicted octanol–water partition coefficient (Wildman–Crippen LogP) is 9.20. The zero-order chi connectivity index (χ0) is 38.8. The van der Waals surface area contributed by atoms with Gasteiger partial charge in [0.2, 0.25) is 0 Å². The number of ether oxygens (including phenoxy) is 2. The van der Waals surface area contributed by atoms with Gasteiger partial charge in [0.25, 0.3) is 0 Å². The van der Waals surface area contributed by atoms with E-state index < -0.39 is 0 Å². The number of fused-ring (bicyclic) bond motifs is 4. The van der Waals surface area contributed by atoms with Crippen molar-refractivity contribution in [3.63, 3.8) is 0 Å². The van der Waals surface area contributed by atoms with Crippen molar-refractivity contribution in [3.8, 4) is 39.8 Å². The summed E-state index contributed by atoms with van der Waals surface area (Å²) in [5.74, 6) is 3.53. The fourth-order valence-corrected chi connectivity index (χ4v) is 8.16. The number of hydrogen-bond donors (Lipinski definition) is 4. The van der Waals surface area contributed by atoms with Gasteiger partial charge >= 0.3 is 0 Å². The van der Waals surface area contributed by atoms with Crippen molar-refractivity contribution in [2.45, 2.75) is 13.3 Å². The van der Waals surface area contributed by atoms with Crippen LogP contribution in [-0.4, -0.2) is 9.97 Å². The lowest BCUT2D eigenvalue weighted by Gasteiger charge is -2.37. The Labute approximate surface area is 337 Å². The van der Waals surface area contributed by atoms with Crippen LogP contribution in [-0.2, 0) is 0 Å². The first-order valence-electron chi connectivity index (χ1n) is 18.3. The van der Waals surface area contributed by atoms with Crippen molar-refractivity contribution in [1.29, 1.82) is 10.8 Å². The molecule has 2 aliphatic heterocycles. The highest BCUT2D eigenvalue weighted by atomic mass is 32.1. The van der Waals surface area contributed by atoms with Gasteiger partial charge in [-0.05, 0) is 98.8 Å². The molecule has 3 heterocycles. The van der Waals surface area contributed by atoms with E-state index in [4.69, 9.17) is 30.3 Å². The van der Waals surface area contributed by atoms with Gasteiger partial charge in [0.05, 0.1) is 34.1 Å². The molecule has 0 saturated heterocycles. The Bertz CT molecular complexity index is 3060. The normalized spacial score (nSPS) is 16.2. The zero-order valence-electron chi connectivity index (χ0n) is 30.4. The first-order chi connectivity index (χ1) is 27.9. The highest BCUT2D eigenvalue weighted by Gasteiger charge is 2.31. The summed E-state index contributed by atoms with van der Waals surface area (Å²) in [6.45, 7) is 2.18. The minimum Gasteiger partial charge on any atom is -0.457 e. The minimum atomic E-state index is -0.159. The highest BCUT2D eigenvalue weighted by molar-refractivity contribution is 7.78. The molecular weight excluding hydrogens is 749 g/mol. The molecule has 10 rings (SSSR count). The predicted molar refractivity (Wildman–Crippen MR) is 228 cm³/mol. The molecule has 7 aromatic rings. The SMILES string of the molecule is CC1CC=CC2=C1Oc1ccccc1N2c1ccc(-c2nc3/c(=N/S)c(=N)c(=N)/c(=N\S)c3nc2-c2ccc(N3c4ccccc4Oc4ccccc43)cc2)cc1. The van der Waals surface area contributed by atoms with Crippen LogP contribution in [0.1, 0.15) is 13.3 Å². The quantitative estimate of drug-likeness (QED) is 0.132. The van der Waals surface area contributed by atoms with E-state index in [1.165, 1.54) is 0 Å². The number of rotatable bonds is 4. The fraction of sp³-hybridized carbons (Fsp3) is 0.0667. The fourth-order valence-electron chi connectivity index (χ4n) is 7.77. The number of allylic oxidation sites excluding steroid dienone is 3. The number of nitrogens with zero attached hydrogens (tertiary/aromatic N) is 6. The molecule has 6 aromatic carbocycles. The van der Waals surface area contributed by atoms with Crippen LogP contribution in [0.15, 0.2) is 154 Å². The van der Waals surface area contributed by atoms with Crippen LogP contribution in [0.25, 0.3) is 33.5 Å². The molecule has 0 fully saturated rings. The van der Waals surface area contributed by atoms with Crippen LogP contribution in [0.3, 0.4) is 0 Å². The summed E-state index contributed by atoms with van der Waals surface area (Å²) in [6, 6.07) is 40.3. The molecule has 0 radical (unpaired) electrons. The summed E-state index contributed by atoms with van der Waals surface area (Å²) in [5.41, 5.74) is 9.03. The number of anilines is 5. The van der Waals surface area contributed by atoms with Gasteiger partial charge in [-0.15, -0.1) is 0 Å². The first-order valence-corrected chi connectivity index (χ1v) is 19.1. The topological polar surface area (TPSA) is 123 Å². The van der Waals surface area contributed by atoms with Crippen molar-refractivity contribution in [2.24, 2.45) is 14.7 Å². The molecule has 12 heteroatoms. The molecule has 1 aliphatic carbocycles. The van der Waals surface area contributed by atoms with Crippen LogP contribution in [0.2, 0.25) is 0 Å². The van der Waals surface area contributed by atoms with Gasteiger partial charge in [0.15, 0.2) is 17.2 Å². The van der Waals surface area contributed by atoms with Crippen LogP contribution >= 0.6 is 25.6 Å². The Kier molecular flexibility index (Phi) is 8.38.